The van der Waals surface area contributed by atoms with E-state index in [0.29, 0.717) is 12.8 Å². The van der Waals surface area contributed by atoms with Crippen LogP contribution in [0.2, 0.25) is 0 Å². The largest absolute Gasteiger partial charge is 0.399 e. The summed E-state index contributed by atoms with van der Waals surface area (Å²) < 4.78 is 51.9. The van der Waals surface area contributed by atoms with Gasteiger partial charge < -0.3 is 5.73 Å². The Hall–Kier alpha value is -1.47. The molecule has 0 fully saturated rings. The van der Waals surface area contributed by atoms with Crippen LogP contribution >= 0.6 is 0 Å². The lowest BCUT2D eigenvalue weighted by molar-refractivity contribution is 0.446. The van der Waals surface area contributed by atoms with Gasteiger partial charge in [0.2, 0.25) is 10.0 Å². The second kappa shape index (κ2) is 6.12. The summed E-state index contributed by atoms with van der Waals surface area (Å²) in [6.45, 7) is 3.71. The van der Waals surface area contributed by atoms with Crippen molar-refractivity contribution in [3.05, 3.63) is 36.4 Å². The van der Waals surface area contributed by atoms with Gasteiger partial charge in [0.1, 0.15) is 4.90 Å². The normalized spacial score (nSPS) is 11.8. The Bertz CT molecular complexity index is 573. The number of rotatable bonds is 6. The number of anilines is 1. The van der Waals surface area contributed by atoms with Crippen molar-refractivity contribution in [2.24, 2.45) is 0 Å². The van der Waals surface area contributed by atoms with E-state index >= 15 is 0 Å². The predicted molar refractivity (Wildman–Crippen MR) is 70.0 cm³/mol. The van der Waals surface area contributed by atoms with Crippen molar-refractivity contribution in [3.63, 3.8) is 0 Å². The minimum atomic E-state index is -4.09. The molecule has 0 saturated carbocycles. The fourth-order valence-corrected chi connectivity index (χ4v) is 2.83. The first-order chi connectivity index (χ1) is 8.80. The van der Waals surface area contributed by atoms with Crippen molar-refractivity contribution in [1.82, 2.24) is 4.31 Å². The van der Waals surface area contributed by atoms with Gasteiger partial charge in [-0.25, -0.2) is 21.5 Å². The lowest BCUT2D eigenvalue weighted by Gasteiger charge is -2.17. The van der Waals surface area contributed by atoms with Crippen LogP contribution < -0.4 is 5.73 Å². The van der Waals surface area contributed by atoms with E-state index in [1.165, 1.54) is 7.05 Å². The van der Waals surface area contributed by atoms with Crippen LogP contribution in [0.5, 0.6) is 0 Å². The Morgan fingerprint density at radius 2 is 2.05 bits per heavy atom. The van der Waals surface area contributed by atoms with Crippen LogP contribution in [0.3, 0.4) is 0 Å². The lowest BCUT2D eigenvalue weighted by Crippen LogP contribution is -2.29. The monoisotopic (exact) mass is 290 g/mol. The number of benzene rings is 1. The molecule has 0 aliphatic heterocycles. The summed E-state index contributed by atoms with van der Waals surface area (Å²) in [5.41, 5.74) is 5.20. The first-order valence-electron chi connectivity index (χ1n) is 5.62. The maximum atomic E-state index is 13.6. The molecule has 2 N–H and O–H groups in total. The molecular weight excluding hydrogens is 274 g/mol. The molecule has 0 heterocycles. The zero-order valence-corrected chi connectivity index (χ0v) is 11.4. The van der Waals surface area contributed by atoms with E-state index in [4.69, 9.17) is 5.73 Å². The molecule has 0 aromatic heterocycles. The fraction of sp³-hybridized carbons (Fsp3) is 0.333. The van der Waals surface area contributed by atoms with Crippen LogP contribution in [0, 0.1) is 11.6 Å². The summed E-state index contributed by atoms with van der Waals surface area (Å²) in [7, 11) is -2.79. The summed E-state index contributed by atoms with van der Waals surface area (Å²) in [5, 5.41) is 0. The van der Waals surface area contributed by atoms with Gasteiger partial charge in [0.05, 0.1) is 0 Å². The molecule has 0 saturated heterocycles. The molecule has 0 spiro atoms. The molecule has 1 aromatic carbocycles. The number of hydrogen-bond donors (Lipinski definition) is 1. The van der Waals surface area contributed by atoms with Crippen molar-refractivity contribution in [3.8, 4) is 0 Å². The third-order valence-electron chi connectivity index (χ3n) is 2.59. The molecule has 0 amide bonds. The second-order valence-corrected chi connectivity index (χ2v) is 6.09. The Morgan fingerprint density at radius 3 is 2.63 bits per heavy atom. The molecule has 4 nitrogen and oxygen atoms in total. The molecule has 1 rings (SSSR count). The van der Waals surface area contributed by atoms with Gasteiger partial charge in [-0.15, -0.1) is 6.58 Å². The summed E-state index contributed by atoms with van der Waals surface area (Å²) in [6, 6.07) is 1.66. The lowest BCUT2D eigenvalue weighted by atomic mass is 10.3. The topological polar surface area (TPSA) is 63.4 Å². The average Bonchev–Trinajstić information content (AvgIpc) is 2.33. The molecular formula is C12H16F2N2O2S. The molecule has 19 heavy (non-hydrogen) atoms. The van der Waals surface area contributed by atoms with Crippen molar-refractivity contribution < 1.29 is 17.2 Å². The molecule has 0 radical (unpaired) electrons. The SMILES string of the molecule is C=CCCCN(C)S(=O)(=O)c1cc(N)cc(F)c1F. The van der Waals surface area contributed by atoms with Gasteiger partial charge >= 0.3 is 0 Å². The first-order valence-corrected chi connectivity index (χ1v) is 7.06. The zero-order valence-electron chi connectivity index (χ0n) is 10.6. The number of allylic oxidation sites excluding steroid dienone is 1. The van der Waals surface area contributed by atoms with Crippen LogP contribution in [0.15, 0.2) is 29.7 Å². The van der Waals surface area contributed by atoms with Crippen molar-refractivity contribution in [2.75, 3.05) is 19.3 Å². The van der Waals surface area contributed by atoms with E-state index in [-0.39, 0.29) is 12.2 Å². The highest BCUT2D eigenvalue weighted by molar-refractivity contribution is 7.89. The number of nitrogens with zero attached hydrogens (tertiary/aromatic N) is 1. The van der Waals surface area contributed by atoms with Crippen molar-refractivity contribution in [1.29, 1.82) is 0 Å². The number of hydrogen-bond acceptors (Lipinski definition) is 3. The highest BCUT2D eigenvalue weighted by Gasteiger charge is 2.26. The van der Waals surface area contributed by atoms with Crippen LogP contribution in [-0.4, -0.2) is 26.3 Å². The molecule has 1 aromatic rings. The average molecular weight is 290 g/mol. The highest BCUT2D eigenvalue weighted by atomic mass is 32.2. The zero-order chi connectivity index (χ0) is 14.6. The third-order valence-corrected chi connectivity index (χ3v) is 4.44. The van der Waals surface area contributed by atoms with Crippen molar-refractivity contribution in [2.45, 2.75) is 17.7 Å². The molecule has 0 unspecified atom stereocenters. The molecule has 106 valence electrons. The van der Waals surface area contributed by atoms with Gasteiger partial charge in [-0.2, -0.15) is 0 Å². The van der Waals surface area contributed by atoms with Gasteiger partial charge in [-0.3, -0.25) is 0 Å². The van der Waals surface area contributed by atoms with Gasteiger partial charge in [-0.1, -0.05) is 6.08 Å². The number of unbranched alkanes of at least 4 members (excludes halogenated alkanes) is 1. The van der Waals surface area contributed by atoms with E-state index in [2.05, 4.69) is 6.58 Å². The molecule has 0 aliphatic rings. The Morgan fingerprint density at radius 1 is 1.42 bits per heavy atom. The van der Waals surface area contributed by atoms with E-state index < -0.39 is 26.6 Å². The van der Waals surface area contributed by atoms with Crippen LogP contribution in [0.1, 0.15) is 12.8 Å². The standard InChI is InChI=1S/C12H16F2N2O2S/c1-3-4-5-6-16(2)19(17,18)11-8-9(15)7-10(13)12(11)14/h3,7-8H,1,4-6,15H2,2H3. The van der Waals surface area contributed by atoms with Gasteiger partial charge in [-0.05, 0) is 25.0 Å². The fourth-order valence-electron chi connectivity index (χ4n) is 1.52. The number of sulfonamides is 1. The van der Waals surface area contributed by atoms with Crippen LogP contribution in [-0.2, 0) is 10.0 Å². The van der Waals surface area contributed by atoms with Crippen LogP contribution in [0.4, 0.5) is 14.5 Å². The minimum absolute atomic E-state index is 0.142. The molecule has 7 heteroatoms. The second-order valence-electron chi connectivity index (χ2n) is 4.07. The number of nitrogen functional groups attached to an aromatic ring is 1. The summed E-state index contributed by atoms with van der Waals surface area (Å²) in [6.07, 6.45) is 2.83. The summed E-state index contributed by atoms with van der Waals surface area (Å²) in [5.74, 6) is -2.69. The highest BCUT2D eigenvalue weighted by Crippen LogP contribution is 2.23. The number of halogens is 2. The first kappa shape index (κ1) is 15.6. The van der Waals surface area contributed by atoms with E-state index in [1.807, 2.05) is 0 Å². The molecule has 0 aliphatic carbocycles. The Kier molecular flexibility index (Phi) is 5.02. The minimum Gasteiger partial charge on any atom is -0.399 e. The van der Waals surface area contributed by atoms with Crippen LogP contribution in [0.25, 0.3) is 0 Å². The van der Waals surface area contributed by atoms with Gasteiger partial charge in [0.15, 0.2) is 11.6 Å². The predicted octanol–water partition coefficient (Wildman–Crippen LogP) is 2.13. The quantitative estimate of drug-likeness (QED) is 0.496. The third kappa shape index (κ3) is 3.51. The Balaban J connectivity index is 3.09. The van der Waals surface area contributed by atoms with E-state index in [9.17, 15) is 17.2 Å². The maximum Gasteiger partial charge on any atom is 0.245 e. The molecule has 0 bridgehead atoms. The summed E-state index contributed by atoms with van der Waals surface area (Å²) in [4.78, 5) is -0.744. The smallest absolute Gasteiger partial charge is 0.245 e. The van der Waals surface area contributed by atoms with Gasteiger partial charge in [0.25, 0.3) is 0 Å². The van der Waals surface area contributed by atoms with Gasteiger partial charge in [0, 0.05) is 19.3 Å². The maximum absolute atomic E-state index is 13.6. The van der Waals surface area contributed by atoms with E-state index in [1.54, 1.807) is 6.08 Å². The Labute approximate surface area is 111 Å². The van der Waals surface area contributed by atoms with Crippen molar-refractivity contribution >= 4 is 15.7 Å². The van der Waals surface area contributed by atoms with E-state index in [0.717, 1.165) is 16.4 Å². The number of nitrogens with two attached hydrogens (primary N) is 1. The molecule has 0 atom stereocenters. The summed E-state index contributed by atoms with van der Waals surface area (Å²) >= 11 is 0.